The number of hydrogen-bond acceptors (Lipinski definition) is 2. The van der Waals surface area contributed by atoms with Crippen LogP contribution in [0.3, 0.4) is 0 Å². The van der Waals surface area contributed by atoms with Crippen molar-refractivity contribution >= 4 is 0 Å². The quantitative estimate of drug-likeness (QED) is 0.861. The van der Waals surface area contributed by atoms with Gasteiger partial charge >= 0.3 is 0 Å². The van der Waals surface area contributed by atoms with Gasteiger partial charge in [0.2, 0.25) is 0 Å². The molecule has 0 aliphatic heterocycles. The van der Waals surface area contributed by atoms with Gasteiger partial charge in [-0.25, -0.2) is 0 Å². The molecule has 1 aliphatic rings. The van der Waals surface area contributed by atoms with Gasteiger partial charge in [-0.05, 0) is 68.3 Å². The Morgan fingerprint density at radius 1 is 1.28 bits per heavy atom. The highest BCUT2D eigenvalue weighted by molar-refractivity contribution is 5.47. The fraction of sp³-hybridized carbons (Fsp3) is 0.625. The van der Waals surface area contributed by atoms with Crippen molar-refractivity contribution in [3.05, 3.63) is 28.8 Å². The Kier molecular flexibility index (Phi) is 4.28. The van der Waals surface area contributed by atoms with Crippen molar-refractivity contribution in [1.82, 2.24) is 5.32 Å². The summed E-state index contributed by atoms with van der Waals surface area (Å²) in [5, 5.41) is 3.47. The average molecular weight is 247 g/mol. The van der Waals surface area contributed by atoms with Gasteiger partial charge in [0.25, 0.3) is 0 Å². The van der Waals surface area contributed by atoms with Crippen LogP contribution in [0.5, 0.6) is 5.75 Å². The molecule has 1 aliphatic carbocycles. The molecule has 100 valence electrons. The van der Waals surface area contributed by atoms with Crippen LogP contribution >= 0.6 is 0 Å². The van der Waals surface area contributed by atoms with Crippen LogP contribution in [0, 0.1) is 19.8 Å². The van der Waals surface area contributed by atoms with Crippen molar-refractivity contribution < 1.29 is 4.74 Å². The van der Waals surface area contributed by atoms with Crippen molar-refractivity contribution in [2.24, 2.45) is 5.92 Å². The molecule has 18 heavy (non-hydrogen) atoms. The van der Waals surface area contributed by atoms with E-state index in [0.717, 1.165) is 24.8 Å². The second-order valence-electron chi connectivity index (χ2n) is 5.38. The normalized spacial score (nSPS) is 22.7. The van der Waals surface area contributed by atoms with Crippen LogP contribution in [0.1, 0.15) is 42.4 Å². The zero-order valence-electron chi connectivity index (χ0n) is 12.0. The number of nitrogens with one attached hydrogen (secondary N) is 1. The first kappa shape index (κ1) is 13.4. The summed E-state index contributed by atoms with van der Waals surface area (Å²) in [7, 11) is 1.79. The molecule has 2 rings (SSSR count). The molecule has 0 amide bonds. The second kappa shape index (κ2) is 5.75. The number of ether oxygens (including phenoxy) is 1. The van der Waals surface area contributed by atoms with E-state index in [1.165, 1.54) is 29.5 Å². The molecule has 0 radical (unpaired) electrons. The summed E-state index contributed by atoms with van der Waals surface area (Å²) in [6.07, 6.45) is 2.64. The number of aryl methyl sites for hydroxylation is 1. The van der Waals surface area contributed by atoms with Crippen molar-refractivity contribution in [1.29, 1.82) is 0 Å². The monoisotopic (exact) mass is 247 g/mol. The third kappa shape index (κ3) is 2.39. The third-order valence-electron chi connectivity index (χ3n) is 4.38. The Morgan fingerprint density at radius 3 is 2.61 bits per heavy atom. The predicted molar refractivity (Wildman–Crippen MR) is 76.5 cm³/mol. The Balaban J connectivity index is 2.20. The van der Waals surface area contributed by atoms with Gasteiger partial charge in [-0.3, -0.25) is 0 Å². The van der Waals surface area contributed by atoms with Crippen molar-refractivity contribution in [3.63, 3.8) is 0 Å². The molecule has 0 bridgehead atoms. The standard InChI is InChI=1S/C16H25NO/c1-5-17-10-13-7-9-14(13)15-8-6-11(2)12(3)16(15)18-4/h6,8,13-14,17H,5,7,9-10H2,1-4H3. The molecule has 1 fully saturated rings. The van der Waals surface area contributed by atoms with E-state index in [9.17, 15) is 0 Å². The number of methoxy groups -OCH3 is 1. The van der Waals surface area contributed by atoms with Gasteiger partial charge < -0.3 is 10.1 Å². The van der Waals surface area contributed by atoms with Crippen molar-refractivity contribution in [2.45, 2.75) is 39.5 Å². The molecule has 2 atom stereocenters. The minimum Gasteiger partial charge on any atom is -0.496 e. The number of rotatable bonds is 5. The third-order valence-corrected chi connectivity index (χ3v) is 4.38. The molecule has 0 spiro atoms. The summed E-state index contributed by atoms with van der Waals surface area (Å²) in [5.41, 5.74) is 4.03. The molecule has 1 N–H and O–H groups in total. The van der Waals surface area contributed by atoms with Crippen LogP contribution in [-0.2, 0) is 0 Å². The fourth-order valence-electron chi connectivity index (χ4n) is 2.93. The summed E-state index contributed by atoms with van der Waals surface area (Å²) in [6, 6.07) is 4.50. The Morgan fingerprint density at radius 2 is 2.06 bits per heavy atom. The van der Waals surface area contributed by atoms with Gasteiger partial charge in [0.15, 0.2) is 0 Å². The molecular weight excluding hydrogens is 222 g/mol. The molecule has 0 aromatic heterocycles. The molecule has 1 saturated carbocycles. The highest BCUT2D eigenvalue weighted by Crippen LogP contribution is 2.46. The lowest BCUT2D eigenvalue weighted by molar-refractivity contribution is 0.241. The lowest BCUT2D eigenvalue weighted by atomic mass is 9.69. The Labute approximate surface area is 111 Å². The largest absolute Gasteiger partial charge is 0.496 e. The average Bonchev–Trinajstić information content (AvgIpc) is 2.33. The maximum absolute atomic E-state index is 5.65. The Hall–Kier alpha value is -1.02. The topological polar surface area (TPSA) is 21.3 Å². The van der Waals surface area contributed by atoms with Crippen LogP contribution in [0.4, 0.5) is 0 Å². The van der Waals surface area contributed by atoms with Gasteiger partial charge in [0.1, 0.15) is 5.75 Å². The summed E-state index contributed by atoms with van der Waals surface area (Å²) in [5.74, 6) is 2.57. The summed E-state index contributed by atoms with van der Waals surface area (Å²) < 4.78 is 5.65. The molecule has 2 unspecified atom stereocenters. The summed E-state index contributed by atoms with van der Waals surface area (Å²) in [4.78, 5) is 0. The second-order valence-corrected chi connectivity index (χ2v) is 5.38. The SMILES string of the molecule is CCNCC1CCC1c1ccc(C)c(C)c1OC. The maximum atomic E-state index is 5.65. The van der Waals surface area contributed by atoms with Crippen LogP contribution in [0.2, 0.25) is 0 Å². The van der Waals surface area contributed by atoms with E-state index in [-0.39, 0.29) is 0 Å². The van der Waals surface area contributed by atoms with Crippen LogP contribution in [0.25, 0.3) is 0 Å². The smallest absolute Gasteiger partial charge is 0.125 e. The minimum atomic E-state index is 0.679. The zero-order valence-corrected chi connectivity index (χ0v) is 12.0. The van der Waals surface area contributed by atoms with E-state index in [1.807, 2.05) is 0 Å². The lowest BCUT2D eigenvalue weighted by Crippen LogP contribution is -2.34. The Bertz CT molecular complexity index is 414. The van der Waals surface area contributed by atoms with E-state index in [4.69, 9.17) is 4.74 Å². The zero-order chi connectivity index (χ0) is 13.1. The van der Waals surface area contributed by atoms with Gasteiger partial charge in [0, 0.05) is 0 Å². The number of hydrogen-bond donors (Lipinski definition) is 1. The first-order valence-corrected chi connectivity index (χ1v) is 7.03. The highest BCUT2D eigenvalue weighted by Gasteiger charge is 2.33. The predicted octanol–water partition coefficient (Wildman–Crippen LogP) is 3.42. The first-order chi connectivity index (χ1) is 8.69. The molecule has 0 saturated heterocycles. The van der Waals surface area contributed by atoms with E-state index in [0.29, 0.717) is 5.92 Å². The van der Waals surface area contributed by atoms with Gasteiger partial charge in [-0.2, -0.15) is 0 Å². The van der Waals surface area contributed by atoms with Gasteiger partial charge in [0.05, 0.1) is 7.11 Å². The van der Waals surface area contributed by atoms with Gasteiger partial charge in [-0.1, -0.05) is 19.1 Å². The molecule has 1 aromatic carbocycles. The van der Waals surface area contributed by atoms with Crippen LogP contribution in [-0.4, -0.2) is 20.2 Å². The molecule has 0 heterocycles. The van der Waals surface area contributed by atoms with E-state index >= 15 is 0 Å². The molecular formula is C16H25NO. The molecule has 2 heteroatoms. The van der Waals surface area contributed by atoms with E-state index < -0.39 is 0 Å². The van der Waals surface area contributed by atoms with Gasteiger partial charge in [-0.15, -0.1) is 0 Å². The number of benzene rings is 1. The maximum Gasteiger partial charge on any atom is 0.125 e. The fourth-order valence-corrected chi connectivity index (χ4v) is 2.93. The van der Waals surface area contributed by atoms with E-state index in [1.54, 1.807) is 7.11 Å². The summed E-state index contributed by atoms with van der Waals surface area (Å²) >= 11 is 0. The minimum absolute atomic E-state index is 0.679. The lowest BCUT2D eigenvalue weighted by Gasteiger charge is -2.38. The highest BCUT2D eigenvalue weighted by atomic mass is 16.5. The summed E-state index contributed by atoms with van der Waals surface area (Å²) in [6.45, 7) is 8.68. The molecule has 2 nitrogen and oxygen atoms in total. The van der Waals surface area contributed by atoms with E-state index in [2.05, 4.69) is 38.2 Å². The van der Waals surface area contributed by atoms with Crippen LogP contribution in [0.15, 0.2) is 12.1 Å². The van der Waals surface area contributed by atoms with Crippen molar-refractivity contribution in [3.8, 4) is 5.75 Å². The molecule has 1 aromatic rings. The van der Waals surface area contributed by atoms with Crippen molar-refractivity contribution in [2.75, 3.05) is 20.2 Å². The van der Waals surface area contributed by atoms with Crippen LogP contribution < -0.4 is 10.1 Å². The first-order valence-electron chi connectivity index (χ1n) is 7.03.